The molecule has 2 heterocycles. The van der Waals surface area contributed by atoms with Crippen LogP contribution < -0.4 is 30.7 Å². The van der Waals surface area contributed by atoms with Crippen molar-refractivity contribution in [3.05, 3.63) is 94.0 Å². The number of nitrogens with one attached hydrogen (secondary N) is 2. The first-order chi connectivity index (χ1) is 21.6. The van der Waals surface area contributed by atoms with Gasteiger partial charge in [0.05, 0.1) is 29.6 Å². The maximum Gasteiger partial charge on any atom is 0.324 e. The molecule has 4 atom stereocenters. The molecule has 3 aromatic rings. The molecule has 0 radical (unpaired) electrons. The lowest BCUT2D eigenvalue weighted by molar-refractivity contribution is -0.384. The number of para-hydroxylation sites is 1. The van der Waals surface area contributed by atoms with Crippen LogP contribution in [-0.2, 0) is 21.0 Å². The van der Waals surface area contributed by atoms with Crippen LogP contribution in [0.15, 0.2) is 72.8 Å². The van der Waals surface area contributed by atoms with Gasteiger partial charge in [0, 0.05) is 30.3 Å². The van der Waals surface area contributed by atoms with Gasteiger partial charge in [-0.15, -0.1) is 0 Å². The Labute approximate surface area is 257 Å². The molecule has 4 amide bonds. The van der Waals surface area contributed by atoms with Gasteiger partial charge in [-0.25, -0.2) is 9.69 Å². The first-order valence-corrected chi connectivity index (χ1v) is 14.1. The first kappa shape index (κ1) is 30.9. The van der Waals surface area contributed by atoms with Gasteiger partial charge in [0.2, 0.25) is 11.8 Å². The molecule has 0 aromatic heterocycles. The van der Waals surface area contributed by atoms with Crippen LogP contribution in [0.2, 0.25) is 0 Å². The van der Waals surface area contributed by atoms with Crippen molar-refractivity contribution >= 4 is 35.2 Å². The second-order valence-corrected chi connectivity index (χ2v) is 10.7. The number of carbonyl (C=O) groups is 4. The lowest BCUT2D eigenvalue weighted by atomic mass is 9.77. The Hall–Kier alpha value is -5.50. The van der Waals surface area contributed by atoms with Crippen LogP contribution in [0.4, 0.5) is 16.2 Å². The zero-order valence-corrected chi connectivity index (χ0v) is 24.2. The number of non-ortho nitro benzene ring substituents is 1. The van der Waals surface area contributed by atoms with Gasteiger partial charge in [0.1, 0.15) is 12.1 Å². The molecule has 2 aliphatic rings. The summed E-state index contributed by atoms with van der Waals surface area (Å²) in [4.78, 5) is 64.3. The van der Waals surface area contributed by atoms with Crippen LogP contribution in [-0.4, -0.2) is 53.0 Å². The number of nitrogens with two attached hydrogens (primary N) is 1. The van der Waals surface area contributed by atoms with Crippen molar-refractivity contribution in [2.24, 2.45) is 17.6 Å². The number of hydrogen-bond acceptors (Lipinski definition) is 9. The van der Waals surface area contributed by atoms with E-state index in [2.05, 4.69) is 10.6 Å². The van der Waals surface area contributed by atoms with Crippen molar-refractivity contribution in [2.45, 2.75) is 31.0 Å². The number of primary amides is 1. The summed E-state index contributed by atoms with van der Waals surface area (Å²) in [7, 11) is 1.45. The van der Waals surface area contributed by atoms with E-state index in [9.17, 15) is 34.4 Å². The van der Waals surface area contributed by atoms with Crippen molar-refractivity contribution < 1.29 is 38.7 Å². The maximum atomic E-state index is 14.2. The molecule has 45 heavy (non-hydrogen) atoms. The van der Waals surface area contributed by atoms with Crippen molar-refractivity contribution in [1.82, 2.24) is 10.6 Å². The van der Waals surface area contributed by atoms with Crippen molar-refractivity contribution in [3.8, 4) is 11.5 Å². The molecular weight excluding hydrogens is 586 g/mol. The molecule has 0 aliphatic carbocycles. The van der Waals surface area contributed by atoms with E-state index in [1.165, 1.54) is 25.3 Å². The highest BCUT2D eigenvalue weighted by molar-refractivity contribution is 6.24. The predicted octanol–water partition coefficient (Wildman–Crippen LogP) is 2.90. The second-order valence-electron chi connectivity index (χ2n) is 10.7. The number of aliphatic carboxylic acids is 1. The molecule has 5 rings (SSSR count). The molecule has 3 aromatic carbocycles. The predicted molar refractivity (Wildman–Crippen MR) is 159 cm³/mol. The Morgan fingerprint density at radius 3 is 2.49 bits per heavy atom. The molecule has 2 aliphatic heterocycles. The summed E-state index contributed by atoms with van der Waals surface area (Å²) in [6.07, 6.45) is -0.0574. The average Bonchev–Trinajstić information content (AvgIpc) is 3.51. The maximum absolute atomic E-state index is 14.2. The number of methoxy groups -OCH3 is 1. The number of carboxylic acid groups (broad SMARTS) is 1. The number of urea groups is 1. The summed E-state index contributed by atoms with van der Waals surface area (Å²) in [6, 6.07) is 17.5. The van der Waals surface area contributed by atoms with Gasteiger partial charge in [-0.2, -0.15) is 0 Å². The number of imide groups is 1. The minimum atomic E-state index is -1.96. The summed E-state index contributed by atoms with van der Waals surface area (Å²) in [5, 5.41) is 27.7. The van der Waals surface area contributed by atoms with Crippen LogP contribution in [0.1, 0.15) is 30.0 Å². The molecular formula is C31H31N5O9. The zero-order valence-electron chi connectivity index (χ0n) is 24.2. The minimum Gasteiger partial charge on any atom is -0.493 e. The Bertz CT molecular complexity index is 1650. The number of nitro groups is 1. The van der Waals surface area contributed by atoms with E-state index in [1.807, 2.05) is 30.3 Å². The number of benzene rings is 3. The summed E-state index contributed by atoms with van der Waals surface area (Å²) >= 11 is 0. The standard InChI is InChI=1S/C31H31N5O9/c1-44-22-13-6-12-21(26(22)45-17-18-8-3-2-4-9-18)25-23-24(31(34-25,29(39)40)14-7-15-33-30(32)41)28(38)35(27(23)37)19-10-5-11-20(16-19)36(42)43/h2-6,8-13,16,23-25,34H,7,14-15,17H2,1H3,(H,39,40)(H3,32,33,41). The first-order valence-electron chi connectivity index (χ1n) is 14.1. The van der Waals surface area contributed by atoms with Crippen LogP contribution in [0.3, 0.4) is 0 Å². The largest absolute Gasteiger partial charge is 0.493 e. The van der Waals surface area contributed by atoms with Crippen LogP contribution in [0.5, 0.6) is 11.5 Å². The summed E-state index contributed by atoms with van der Waals surface area (Å²) in [5.41, 5.74) is 4.06. The average molecular weight is 618 g/mol. The molecule has 14 nitrogen and oxygen atoms in total. The Morgan fingerprint density at radius 2 is 1.82 bits per heavy atom. The minimum absolute atomic E-state index is 0.0232. The number of carbonyl (C=O) groups excluding carboxylic acids is 3. The van der Waals surface area contributed by atoms with E-state index in [0.717, 1.165) is 16.5 Å². The summed E-state index contributed by atoms with van der Waals surface area (Å²) in [6.45, 7) is 0.153. The number of anilines is 1. The number of amides is 4. The number of ether oxygens (including phenoxy) is 2. The third-order valence-electron chi connectivity index (χ3n) is 8.17. The van der Waals surface area contributed by atoms with Crippen molar-refractivity contribution in [1.29, 1.82) is 0 Å². The highest BCUT2D eigenvalue weighted by atomic mass is 16.6. The molecule has 0 spiro atoms. The van der Waals surface area contributed by atoms with Crippen LogP contribution in [0, 0.1) is 22.0 Å². The third kappa shape index (κ3) is 5.74. The van der Waals surface area contributed by atoms with Crippen LogP contribution in [0.25, 0.3) is 0 Å². The topological polar surface area (TPSA) is 203 Å². The molecule has 2 saturated heterocycles. The monoisotopic (exact) mass is 617 g/mol. The van der Waals surface area contributed by atoms with Crippen molar-refractivity contribution in [2.75, 3.05) is 18.6 Å². The fourth-order valence-electron chi connectivity index (χ4n) is 6.20. The SMILES string of the molecule is COc1cccc(C2NC(CCCNC(N)=O)(C(=O)O)C3C(=O)N(c4cccc([N+](=O)[O-])c4)C(=O)C23)c1OCc1ccccc1. The smallest absolute Gasteiger partial charge is 0.324 e. The Morgan fingerprint density at radius 1 is 1.09 bits per heavy atom. The molecule has 14 heteroatoms. The summed E-state index contributed by atoms with van der Waals surface area (Å²) in [5.74, 6) is -4.98. The van der Waals surface area contributed by atoms with Gasteiger partial charge in [0.25, 0.3) is 5.69 Å². The van der Waals surface area contributed by atoms with Gasteiger partial charge in [-0.1, -0.05) is 48.5 Å². The van der Waals surface area contributed by atoms with Gasteiger partial charge in [-0.05, 0) is 30.5 Å². The Balaban J connectivity index is 1.61. The van der Waals surface area contributed by atoms with Gasteiger partial charge in [-0.3, -0.25) is 29.8 Å². The quantitative estimate of drug-likeness (QED) is 0.101. The molecule has 5 N–H and O–H groups in total. The van der Waals surface area contributed by atoms with E-state index in [0.29, 0.717) is 11.3 Å². The highest BCUT2D eigenvalue weighted by Gasteiger charge is 2.68. The fourth-order valence-corrected chi connectivity index (χ4v) is 6.20. The van der Waals surface area contributed by atoms with Gasteiger partial charge >= 0.3 is 12.0 Å². The number of rotatable bonds is 12. The second kappa shape index (κ2) is 12.6. The van der Waals surface area contributed by atoms with Crippen LogP contribution >= 0.6 is 0 Å². The molecule has 234 valence electrons. The number of fused-ring (bicyclic) bond motifs is 1. The molecule has 0 saturated carbocycles. The fraction of sp³-hybridized carbons (Fsp3) is 0.290. The normalized spacial score (nSPS) is 22.2. The van der Waals surface area contributed by atoms with E-state index >= 15 is 0 Å². The molecule has 2 fully saturated rings. The van der Waals surface area contributed by atoms with E-state index < -0.39 is 52.2 Å². The van der Waals surface area contributed by atoms with Crippen molar-refractivity contribution in [3.63, 3.8) is 0 Å². The number of nitro benzene ring substituents is 1. The van der Waals surface area contributed by atoms with E-state index in [-0.39, 0.29) is 43.1 Å². The highest BCUT2D eigenvalue weighted by Crippen LogP contribution is 2.53. The molecule has 4 unspecified atom stereocenters. The summed E-state index contributed by atoms with van der Waals surface area (Å²) < 4.78 is 11.8. The Kier molecular flexibility index (Phi) is 8.68. The van der Waals surface area contributed by atoms with E-state index in [4.69, 9.17) is 15.2 Å². The van der Waals surface area contributed by atoms with Gasteiger partial charge < -0.3 is 25.6 Å². The molecule has 0 bridgehead atoms. The number of nitrogens with zero attached hydrogens (tertiary/aromatic N) is 2. The lowest BCUT2D eigenvalue weighted by Gasteiger charge is -2.31. The van der Waals surface area contributed by atoms with Gasteiger partial charge in [0.15, 0.2) is 11.5 Å². The lowest BCUT2D eigenvalue weighted by Crippen LogP contribution is -2.56. The third-order valence-corrected chi connectivity index (χ3v) is 8.17. The number of hydrogen-bond donors (Lipinski definition) is 4. The van der Waals surface area contributed by atoms with E-state index in [1.54, 1.807) is 18.2 Å². The zero-order chi connectivity index (χ0) is 32.3. The number of carboxylic acids is 1.